The van der Waals surface area contributed by atoms with Crippen molar-refractivity contribution in [2.75, 3.05) is 18.8 Å². The molecular formula is C25H26N4O. The zero-order valence-electron chi connectivity index (χ0n) is 16.9. The van der Waals surface area contributed by atoms with E-state index in [-0.39, 0.29) is 11.7 Å². The molecule has 1 saturated heterocycles. The molecule has 3 aromatic carbocycles. The van der Waals surface area contributed by atoms with Crippen LogP contribution in [0.4, 0.5) is 5.69 Å². The predicted octanol–water partition coefficient (Wildman–Crippen LogP) is 4.42. The van der Waals surface area contributed by atoms with Gasteiger partial charge < -0.3 is 10.7 Å². The number of aromatic amines is 1. The van der Waals surface area contributed by atoms with Gasteiger partial charge >= 0.3 is 5.69 Å². The highest BCUT2D eigenvalue weighted by molar-refractivity contribution is 5.75. The normalized spacial score (nSPS) is 15.6. The van der Waals surface area contributed by atoms with E-state index in [0.29, 0.717) is 0 Å². The Balaban J connectivity index is 1.24. The minimum absolute atomic E-state index is 0.00628. The van der Waals surface area contributed by atoms with Crippen LogP contribution in [-0.2, 0) is 6.54 Å². The van der Waals surface area contributed by atoms with E-state index in [0.717, 1.165) is 54.8 Å². The average Bonchev–Trinajstić information content (AvgIpc) is 3.11. The van der Waals surface area contributed by atoms with E-state index in [4.69, 9.17) is 5.73 Å². The minimum atomic E-state index is 0.00628. The topological polar surface area (TPSA) is 67.0 Å². The average molecular weight is 399 g/mol. The maximum absolute atomic E-state index is 12.5. The number of hydrogen-bond donors (Lipinski definition) is 2. The van der Waals surface area contributed by atoms with Gasteiger partial charge in [-0.2, -0.15) is 0 Å². The Morgan fingerprint density at radius 3 is 2.43 bits per heavy atom. The fourth-order valence-corrected chi connectivity index (χ4v) is 4.55. The Hall–Kier alpha value is -3.31. The highest BCUT2D eigenvalue weighted by atomic mass is 16.1. The summed E-state index contributed by atoms with van der Waals surface area (Å²) in [4.78, 5) is 17.9. The van der Waals surface area contributed by atoms with E-state index in [9.17, 15) is 4.79 Å². The van der Waals surface area contributed by atoms with Gasteiger partial charge in [0.25, 0.3) is 0 Å². The number of rotatable bonds is 4. The molecular weight excluding hydrogens is 372 g/mol. The lowest BCUT2D eigenvalue weighted by Crippen LogP contribution is -2.36. The van der Waals surface area contributed by atoms with Crippen LogP contribution in [0, 0.1) is 0 Å². The number of likely N-dealkylation sites (tertiary alicyclic amines) is 1. The largest absolute Gasteiger partial charge is 0.399 e. The maximum Gasteiger partial charge on any atom is 0.326 e. The Morgan fingerprint density at radius 2 is 1.67 bits per heavy atom. The molecule has 4 aromatic rings. The van der Waals surface area contributed by atoms with Crippen molar-refractivity contribution in [2.24, 2.45) is 0 Å². The Labute approximate surface area is 175 Å². The summed E-state index contributed by atoms with van der Waals surface area (Å²) in [5.74, 6) is 0. The van der Waals surface area contributed by atoms with Gasteiger partial charge in [-0.1, -0.05) is 48.5 Å². The number of aromatic nitrogens is 2. The van der Waals surface area contributed by atoms with Crippen molar-refractivity contribution in [1.29, 1.82) is 0 Å². The van der Waals surface area contributed by atoms with E-state index in [1.807, 2.05) is 47.0 Å². The minimum Gasteiger partial charge on any atom is -0.399 e. The van der Waals surface area contributed by atoms with Gasteiger partial charge in [0.1, 0.15) is 0 Å². The van der Waals surface area contributed by atoms with E-state index in [2.05, 4.69) is 40.2 Å². The van der Waals surface area contributed by atoms with Crippen LogP contribution in [0.1, 0.15) is 24.4 Å². The summed E-state index contributed by atoms with van der Waals surface area (Å²) in [5.41, 5.74) is 12.3. The standard InChI is InChI=1S/C25H26N4O/c26-21-5-3-4-20(16-21)19-10-8-18(9-11-19)17-28-14-12-22(13-15-28)29-24-7-2-1-6-23(24)27-25(29)30/h1-11,16,22H,12-15,17,26H2,(H,27,30). The third-order valence-electron chi connectivity index (χ3n) is 6.13. The summed E-state index contributed by atoms with van der Waals surface area (Å²) in [6.07, 6.45) is 1.98. The van der Waals surface area contributed by atoms with Gasteiger partial charge in [0.2, 0.25) is 0 Å². The number of nitrogens with two attached hydrogens (primary N) is 1. The van der Waals surface area contributed by atoms with Crippen molar-refractivity contribution in [1.82, 2.24) is 14.5 Å². The number of nitrogens with one attached hydrogen (secondary N) is 1. The molecule has 0 unspecified atom stereocenters. The Morgan fingerprint density at radius 1 is 0.900 bits per heavy atom. The van der Waals surface area contributed by atoms with Gasteiger partial charge in [-0.05, 0) is 53.8 Å². The number of para-hydroxylation sites is 2. The number of imidazole rings is 1. The van der Waals surface area contributed by atoms with Crippen molar-refractivity contribution in [3.63, 3.8) is 0 Å². The van der Waals surface area contributed by atoms with Gasteiger partial charge in [0.15, 0.2) is 0 Å². The number of H-pyrrole nitrogens is 1. The fourth-order valence-electron chi connectivity index (χ4n) is 4.55. The molecule has 2 heterocycles. The first-order chi connectivity index (χ1) is 14.7. The van der Waals surface area contributed by atoms with E-state index in [1.165, 1.54) is 11.1 Å². The molecule has 5 heteroatoms. The van der Waals surface area contributed by atoms with Crippen LogP contribution >= 0.6 is 0 Å². The molecule has 0 atom stereocenters. The Bertz CT molecular complexity index is 1210. The highest BCUT2D eigenvalue weighted by Gasteiger charge is 2.23. The number of hydrogen-bond acceptors (Lipinski definition) is 3. The van der Waals surface area contributed by atoms with Crippen molar-refractivity contribution >= 4 is 16.7 Å². The second-order valence-corrected chi connectivity index (χ2v) is 8.15. The molecule has 1 fully saturated rings. The fraction of sp³-hybridized carbons (Fsp3) is 0.240. The number of anilines is 1. The first-order valence-corrected chi connectivity index (χ1v) is 10.5. The van der Waals surface area contributed by atoms with E-state index < -0.39 is 0 Å². The molecule has 152 valence electrons. The smallest absolute Gasteiger partial charge is 0.326 e. The van der Waals surface area contributed by atoms with Crippen molar-refractivity contribution in [3.8, 4) is 11.1 Å². The highest BCUT2D eigenvalue weighted by Crippen LogP contribution is 2.26. The zero-order valence-corrected chi connectivity index (χ0v) is 16.9. The maximum atomic E-state index is 12.5. The van der Waals surface area contributed by atoms with Crippen molar-refractivity contribution < 1.29 is 0 Å². The van der Waals surface area contributed by atoms with E-state index >= 15 is 0 Å². The summed E-state index contributed by atoms with van der Waals surface area (Å²) in [5, 5.41) is 0. The molecule has 0 saturated carbocycles. The molecule has 0 amide bonds. The molecule has 0 bridgehead atoms. The number of nitrogens with zero attached hydrogens (tertiary/aromatic N) is 2. The number of piperidine rings is 1. The molecule has 5 nitrogen and oxygen atoms in total. The summed E-state index contributed by atoms with van der Waals surface area (Å²) in [6.45, 7) is 2.92. The molecule has 30 heavy (non-hydrogen) atoms. The quantitative estimate of drug-likeness (QED) is 0.500. The molecule has 1 aliphatic rings. The monoisotopic (exact) mass is 398 g/mol. The molecule has 5 rings (SSSR count). The first-order valence-electron chi connectivity index (χ1n) is 10.5. The van der Waals surface area contributed by atoms with Crippen molar-refractivity contribution in [3.05, 3.63) is 88.8 Å². The van der Waals surface area contributed by atoms with Gasteiger partial charge in [-0.25, -0.2) is 4.79 Å². The van der Waals surface area contributed by atoms with Gasteiger partial charge in [0.05, 0.1) is 11.0 Å². The summed E-state index contributed by atoms with van der Waals surface area (Å²) < 4.78 is 1.95. The molecule has 0 aliphatic carbocycles. The second kappa shape index (κ2) is 7.84. The summed E-state index contributed by atoms with van der Waals surface area (Å²) in [7, 11) is 0. The number of fused-ring (bicyclic) bond motifs is 1. The Kier molecular flexibility index (Phi) is 4.89. The van der Waals surface area contributed by atoms with Gasteiger partial charge in [-0.15, -0.1) is 0 Å². The number of nitrogen functional groups attached to an aromatic ring is 1. The summed E-state index contributed by atoms with van der Waals surface area (Å²) in [6, 6.07) is 24.9. The zero-order chi connectivity index (χ0) is 20.5. The summed E-state index contributed by atoms with van der Waals surface area (Å²) >= 11 is 0. The molecule has 0 spiro atoms. The van der Waals surface area contributed by atoms with Crippen LogP contribution in [0.15, 0.2) is 77.6 Å². The molecule has 1 aromatic heterocycles. The van der Waals surface area contributed by atoms with E-state index in [1.54, 1.807) is 0 Å². The lowest BCUT2D eigenvalue weighted by Gasteiger charge is -2.32. The van der Waals surface area contributed by atoms with Crippen molar-refractivity contribution in [2.45, 2.75) is 25.4 Å². The van der Waals surface area contributed by atoms with Crippen LogP contribution in [0.3, 0.4) is 0 Å². The third kappa shape index (κ3) is 3.64. The lowest BCUT2D eigenvalue weighted by atomic mass is 10.0. The molecule has 0 radical (unpaired) electrons. The molecule has 1 aliphatic heterocycles. The van der Waals surface area contributed by atoms with Crippen LogP contribution in [0.5, 0.6) is 0 Å². The third-order valence-corrected chi connectivity index (χ3v) is 6.13. The van der Waals surface area contributed by atoms with Crippen LogP contribution < -0.4 is 11.4 Å². The van der Waals surface area contributed by atoms with Crippen LogP contribution in [0.25, 0.3) is 22.2 Å². The first kappa shape index (κ1) is 18.7. The molecule has 3 N–H and O–H groups in total. The SMILES string of the molecule is Nc1cccc(-c2ccc(CN3CCC(n4c(=O)[nH]c5ccccc54)CC3)cc2)c1. The second-order valence-electron chi connectivity index (χ2n) is 8.15. The van der Waals surface area contributed by atoms with Gasteiger partial charge in [0, 0.05) is 31.4 Å². The predicted molar refractivity (Wildman–Crippen MR) is 122 cm³/mol. The lowest BCUT2D eigenvalue weighted by molar-refractivity contribution is 0.180. The van der Waals surface area contributed by atoms with Gasteiger partial charge in [-0.3, -0.25) is 9.47 Å². The van der Waals surface area contributed by atoms with Crippen LogP contribution in [-0.4, -0.2) is 27.5 Å². The van der Waals surface area contributed by atoms with Crippen LogP contribution in [0.2, 0.25) is 0 Å². The number of benzene rings is 3.